The summed E-state index contributed by atoms with van der Waals surface area (Å²) < 4.78 is 0. The summed E-state index contributed by atoms with van der Waals surface area (Å²) in [6, 6.07) is 0.388. The predicted octanol–water partition coefficient (Wildman–Crippen LogP) is 2.47. The summed E-state index contributed by atoms with van der Waals surface area (Å²) in [4.78, 5) is 11.6. The molecule has 2 atom stereocenters. The zero-order chi connectivity index (χ0) is 13.5. The van der Waals surface area contributed by atoms with Gasteiger partial charge in [-0.3, -0.25) is 4.79 Å². The normalized spacial score (nSPS) is 32.9. The molecule has 3 heteroatoms. The molecule has 0 radical (unpaired) electrons. The Morgan fingerprint density at radius 3 is 3.15 bits per heavy atom. The zero-order valence-corrected chi connectivity index (χ0v) is 11.4. The second-order valence-electron chi connectivity index (χ2n) is 5.89. The minimum absolute atomic E-state index is 0.118. The lowest BCUT2D eigenvalue weighted by atomic mass is 9.93. The maximum Gasteiger partial charge on any atom is 0.228 e. The molecule has 3 nitrogen and oxygen atoms in total. The average molecular weight is 266 g/mol. The number of fused-ring (bicyclic) bond motifs is 1. The van der Waals surface area contributed by atoms with E-state index in [1.807, 2.05) is 0 Å². The van der Waals surface area contributed by atoms with Gasteiger partial charge in [0.15, 0.2) is 0 Å². The fourth-order valence-corrected chi connectivity index (χ4v) is 3.53. The maximum absolute atomic E-state index is 11.6. The minimum Gasteiger partial charge on any atom is -0.382 e. The van der Waals surface area contributed by atoms with Gasteiger partial charge < -0.3 is 10.6 Å². The van der Waals surface area contributed by atoms with Gasteiger partial charge in [0.1, 0.15) is 0 Å². The van der Waals surface area contributed by atoms with Crippen molar-refractivity contribution < 1.29 is 4.79 Å². The van der Waals surface area contributed by atoms with Crippen LogP contribution in [0, 0.1) is 5.92 Å². The first-order chi connectivity index (χ1) is 9.79. The Balaban J connectivity index is 1.57. The van der Waals surface area contributed by atoms with Crippen LogP contribution < -0.4 is 10.6 Å². The smallest absolute Gasteiger partial charge is 0.228 e. The van der Waals surface area contributed by atoms with Crippen molar-refractivity contribution in [2.75, 3.05) is 0 Å². The van der Waals surface area contributed by atoms with E-state index in [2.05, 4.69) is 47.1 Å². The molecule has 0 aromatic heterocycles. The van der Waals surface area contributed by atoms with Crippen LogP contribution >= 0.6 is 0 Å². The van der Waals surface area contributed by atoms with Gasteiger partial charge in [-0.2, -0.15) is 0 Å². The summed E-state index contributed by atoms with van der Waals surface area (Å²) in [5.74, 6) is 0.764. The Morgan fingerprint density at radius 2 is 2.25 bits per heavy atom. The Labute approximate surface area is 118 Å². The van der Waals surface area contributed by atoms with E-state index in [4.69, 9.17) is 0 Å². The van der Waals surface area contributed by atoms with E-state index in [9.17, 15) is 4.79 Å². The molecule has 20 heavy (non-hydrogen) atoms. The van der Waals surface area contributed by atoms with Crippen LogP contribution in [0.4, 0.5) is 0 Å². The standard InChI is InChI=1S/C17H18N2O/c20-16-10-13-6-3-5-12(17(13)19-16)9-14-8-11-4-1-2-7-15(11)18-14/h1-3,6-7,9,11,14,18H,4-5,8,10H2,(H,19,20). The van der Waals surface area contributed by atoms with E-state index in [0.717, 1.165) is 30.5 Å². The van der Waals surface area contributed by atoms with E-state index in [-0.39, 0.29) is 5.91 Å². The van der Waals surface area contributed by atoms with Crippen LogP contribution in [0.1, 0.15) is 25.7 Å². The summed E-state index contributed by atoms with van der Waals surface area (Å²) in [5, 5.41) is 6.61. The van der Waals surface area contributed by atoms with Gasteiger partial charge in [0.2, 0.25) is 5.91 Å². The molecular formula is C17H18N2O. The fourth-order valence-electron chi connectivity index (χ4n) is 3.53. The lowest BCUT2D eigenvalue weighted by Crippen LogP contribution is -2.21. The molecule has 2 N–H and O–H groups in total. The molecule has 0 saturated carbocycles. The lowest BCUT2D eigenvalue weighted by Gasteiger charge is -2.15. The first kappa shape index (κ1) is 11.8. The molecule has 2 aliphatic heterocycles. The van der Waals surface area contributed by atoms with Gasteiger partial charge in [-0.15, -0.1) is 0 Å². The third-order valence-corrected chi connectivity index (χ3v) is 4.48. The molecule has 0 aromatic carbocycles. The number of allylic oxidation sites excluding steroid dienone is 7. The number of carbonyl (C=O) groups is 1. The largest absolute Gasteiger partial charge is 0.382 e. The van der Waals surface area contributed by atoms with Crippen molar-refractivity contribution in [3.8, 4) is 0 Å². The van der Waals surface area contributed by atoms with Crippen LogP contribution in [0.15, 0.2) is 59.0 Å². The Bertz CT molecular complexity index is 619. The van der Waals surface area contributed by atoms with Crippen molar-refractivity contribution in [1.82, 2.24) is 10.6 Å². The Hall–Kier alpha value is -2.03. The van der Waals surface area contributed by atoms with Crippen LogP contribution in [-0.4, -0.2) is 11.9 Å². The Kier molecular flexibility index (Phi) is 2.66. The molecule has 2 heterocycles. The molecule has 4 rings (SSSR count). The van der Waals surface area contributed by atoms with Crippen LogP contribution in [0.2, 0.25) is 0 Å². The summed E-state index contributed by atoms with van der Waals surface area (Å²) in [7, 11) is 0. The molecule has 4 aliphatic rings. The minimum atomic E-state index is 0.118. The molecule has 0 spiro atoms. The highest BCUT2D eigenvalue weighted by Crippen LogP contribution is 2.34. The highest BCUT2D eigenvalue weighted by molar-refractivity contribution is 5.87. The summed E-state index contributed by atoms with van der Waals surface area (Å²) >= 11 is 0. The van der Waals surface area contributed by atoms with Crippen LogP contribution in [0.3, 0.4) is 0 Å². The summed E-state index contributed by atoms with van der Waals surface area (Å²) in [5.41, 5.74) is 4.83. The number of amides is 1. The van der Waals surface area contributed by atoms with Crippen LogP contribution in [0.5, 0.6) is 0 Å². The van der Waals surface area contributed by atoms with Gasteiger partial charge in [0.25, 0.3) is 0 Å². The first-order valence-electron chi connectivity index (χ1n) is 7.33. The quantitative estimate of drug-likeness (QED) is 0.765. The van der Waals surface area contributed by atoms with E-state index >= 15 is 0 Å². The van der Waals surface area contributed by atoms with Gasteiger partial charge in [0, 0.05) is 23.4 Å². The van der Waals surface area contributed by atoms with Gasteiger partial charge >= 0.3 is 0 Å². The van der Waals surface area contributed by atoms with E-state index in [1.165, 1.54) is 11.3 Å². The summed E-state index contributed by atoms with van der Waals surface area (Å²) in [6.45, 7) is 0. The fraction of sp³-hybridized carbons (Fsp3) is 0.353. The highest BCUT2D eigenvalue weighted by atomic mass is 16.1. The maximum atomic E-state index is 11.6. The summed E-state index contributed by atoms with van der Waals surface area (Å²) in [6.07, 6.45) is 16.9. The van der Waals surface area contributed by atoms with E-state index in [0.29, 0.717) is 18.4 Å². The van der Waals surface area contributed by atoms with Crippen LogP contribution in [0.25, 0.3) is 0 Å². The number of nitrogens with one attached hydrogen (secondary N) is 2. The second kappa shape index (κ2) is 4.51. The van der Waals surface area contributed by atoms with Crippen molar-refractivity contribution in [1.29, 1.82) is 0 Å². The number of hydrogen-bond acceptors (Lipinski definition) is 2. The SMILES string of the molecule is O=C1CC2=C(N1)C(=CC1CC3CC=CC=C3N1)CC=C2. The third-order valence-electron chi connectivity index (χ3n) is 4.48. The number of carbonyl (C=O) groups excluding carboxylic acids is 1. The van der Waals surface area contributed by atoms with E-state index in [1.54, 1.807) is 0 Å². The lowest BCUT2D eigenvalue weighted by molar-refractivity contribution is -0.118. The van der Waals surface area contributed by atoms with Gasteiger partial charge in [-0.05, 0) is 36.5 Å². The molecule has 1 saturated heterocycles. The third kappa shape index (κ3) is 1.94. The Morgan fingerprint density at radius 1 is 1.30 bits per heavy atom. The zero-order valence-electron chi connectivity index (χ0n) is 11.4. The molecule has 1 amide bonds. The molecule has 102 valence electrons. The van der Waals surface area contributed by atoms with Crippen molar-refractivity contribution in [3.05, 3.63) is 59.0 Å². The van der Waals surface area contributed by atoms with Crippen molar-refractivity contribution in [3.63, 3.8) is 0 Å². The van der Waals surface area contributed by atoms with Gasteiger partial charge in [-0.25, -0.2) is 0 Å². The highest BCUT2D eigenvalue weighted by Gasteiger charge is 2.29. The molecule has 2 aliphatic carbocycles. The van der Waals surface area contributed by atoms with Gasteiger partial charge in [-0.1, -0.05) is 30.4 Å². The number of hydrogen-bond donors (Lipinski definition) is 2. The first-order valence-corrected chi connectivity index (χ1v) is 7.33. The topological polar surface area (TPSA) is 41.1 Å². The average Bonchev–Trinajstić information content (AvgIpc) is 3.01. The van der Waals surface area contributed by atoms with Crippen LogP contribution in [-0.2, 0) is 4.79 Å². The molecule has 0 aromatic rings. The molecule has 2 unspecified atom stereocenters. The number of rotatable bonds is 1. The second-order valence-corrected chi connectivity index (χ2v) is 5.89. The molecule has 1 fully saturated rings. The van der Waals surface area contributed by atoms with Gasteiger partial charge in [0.05, 0.1) is 6.42 Å². The van der Waals surface area contributed by atoms with Crippen molar-refractivity contribution >= 4 is 5.91 Å². The van der Waals surface area contributed by atoms with Crippen molar-refractivity contribution in [2.45, 2.75) is 31.7 Å². The van der Waals surface area contributed by atoms with Crippen molar-refractivity contribution in [2.24, 2.45) is 5.92 Å². The monoisotopic (exact) mass is 266 g/mol. The van der Waals surface area contributed by atoms with E-state index < -0.39 is 0 Å². The predicted molar refractivity (Wildman–Crippen MR) is 78.5 cm³/mol. The molecular weight excluding hydrogens is 248 g/mol. The molecule has 0 bridgehead atoms.